The van der Waals surface area contributed by atoms with Gasteiger partial charge in [-0.3, -0.25) is 11.3 Å². The summed E-state index contributed by atoms with van der Waals surface area (Å²) < 4.78 is 7.04. The lowest BCUT2D eigenvalue weighted by Crippen LogP contribution is -2.56. The molecule has 1 aromatic rings. The molecule has 0 aromatic carbocycles. The number of nitrogens with two attached hydrogens (primary N) is 1. The molecule has 0 bridgehead atoms. The van der Waals surface area contributed by atoms with Gasteiger partial charge in [-0.15, -0.1) is 11.3 Å². The molecule has 0 saturated heterocycles. The number of rotatable bonds is 5. The SMILES string of the molecule is COC1(C(Cc2sccc2Br)NN)CCCCC1. The van der Waals surface area contributed by atoms with Crippen molar-refractivity contribution in [2.45, 2.75) is 50.2 Å². The van der Waals surface area contributed by atoms with Crippen LogP contribution in [0.4, 0.5) is 0 Å². The van der Waals surface area contributed by atoms with E-state index in [0.29, 0.717) is 0 Å². The highest BCUT2D eigenvalue weighted by molar-refractivity contribution is 9.10. The van der Waals surface area contributed by atoms with Gasteiger partial charge in [0, 0.05) is 22.9 Å². The van der Waals surface area contributed by atoms with Crippen LogP contribution in [0.15, 0.2) is 15.9 Å². The topological polar surface area (TPSA) is 47.3 Å². The number of hydrogen-bond acceptors (Lipinski definition) is 4. The van der Waals surface area contributed by atoms with E-state index < -0.39 is 0 Å². The van der Waals surface area contributed by atoms with Gasteiger partial charge in [0.05, 0.1) is 11.6 Å². The van der Waals surface area contributed by atoms with Crippen molar-refractivity contribution in [3.8, 4) is 0 Å². The van der Waals surface area contributed by atoms with Crippen molar-refractivity contribution >= 4 is 27.3 Å². The zero-order chi connectivity index (χ0) is 13.0. The summed E-state index contributed by atoms with van der Waals surface area (Å²) in [5.41, 5.74) is 2.89. The van der Waals surface area contributed by atoms with E-state index in [1.165, 1.54) is 28.6 Å². The number of halogens is 1. The monoisotopic (exact) mass is 332 g/mol. The Labute approximate surface area is 121 Å². The van der Waals surface area contributed by atoms with Gasteiger partial charge in [0.25, 0.3) is 0 Å². The molecular formula is C13H21BrN2OS. The number of thiophene rings is 1. The van der Waals surface area contributed by atoms with E-state index in [-0.39, 0.29) is 11.6 Å². The molecule has 0 amide bonds. The van der Waals surface area contributed by atoms with Crippen molar-refractivity contribution in [3.63, 3.8) is 0 Å². The van der Waals surface area contributed by atoms with Crippen LogP contribution in [0.5, 0.6) is 0 Å². The second kappa shape index (κ2) is 6.48. The highest BCUT2D eigenvalue weighted by atomic mass is 79.9. The largest absolute Gasteiger partial charge is 0.377 e. The molecule has 102 valence electrons. The number of hydrogen-bond donors (Lipinski definition) is 2. The molecule has 1 aliphatic carbocycles. The minimum atomic E-state index is -0.101. The van der Waals surface area contributed by atoms with Gasteiger partial charge < -0.3 is 4.74 Å². The van der Waals surface area contributed by atoms with Gasteiger partial charge in [0.2, 0.25) is 0 Å². The molecule has 1 atom stereocenters. The third-order valence-corrected chi connectivity index (χ3v) is 5.97. The first-order valence-corrected chi connectivity index (χ1v) is 8.12. The van der Waals surface area contributed by atoms with Crippen LogP contribution in [0, 0.1) is 0 Å². The molecule has 3 N–H and O–H groups in total. The van der Waals surface area contributed by atoms with Crippen LogP contribution in [-0.4, -0.2) is 18.8 Å². The fourth-order valence-corrected chi connectivity index (χ4v) is 4.46. The van der Waals surface area contributed by atoms with Crippen LogP contribution < -0.4 is 11.3 Å². The van der Waals surface area contributed by atoms with Crippen LogP contribution in [0.25, 0.3) is 0 Å². The summed E-state index contributed by atoms with van der Waals surface area (Å²) in [6.07, 6.45) is 6.89. The highest BCUT2D eigenvalue weighted by Crippen LogP contribution is 2.36. The molecule has 18 heavy (non-hydrogen) atoms. The Morgan fingerprint density at radius 2 is 2.22 bits per heavy atom. The predicted octanol–water partition coefficient (Wildman–Crippen LogP) is 3.23. The van der Waals surface area contributed by atoms with E-state index in [2.05, 4.69) is 32.8 Å². The number of methoxy groups -OCH3 is 1. The first-order chi connectivity index (χ1) is 8.72. The highest BCUT2D eigenvalue weighted by Gasteiger charge is 2.39. The molecular weight excluding hydrogens is 312 g/mol. The smallest absolute Gasteiger partial charge is 0.0847 e. The summed E-state index contributed by atoms with van der Waals surface area (Å²) in [5.74, 6) is 5.79. The number of ether oxygens (including phenoxy) is 1. The van der Waals surface area contributed by atoms with Crippen LogP contribution >= 0.6 is 27.3 Å². The summed E-state index contributed by atoms with van der Waals surface area (Å²) in [7, 11) is 1.82. The molecule has 1 fully saturated rings. The fourth-order valence-electron chi connectivity index (χ4n) is 2.90. The van der Waals surface area contributed by atoms with Crippen LogP contribution in [0.2, 0.25) is 0 Å². The maximum absolute atomic E-state index is 5.87. The molecule has 1 saturated carbocycles. The fraction of sp³-hybridized carbons (Fsp3) is 0.692. The lowest BCUT2D eigenvalue weighted by Gasteiger charge is -2.42. The van der Waals surface area contributed by atoms with Crippen molar-refractivity contribution in [1.29, 1.82) is 0 Å². The van der Waals surface area contributed by atoms with Crippen molar-refractivity contribution < 1.29 is 4.74 Å². The van der Waals surface area contributed by atoms with Crippen LogP contribution in [0.3, 0.4) is 0 Å². The van der Waals surface area contributed by atoms with Gasteiger partial charge in [-0.25, -0.2) is 0 Å². The number of nitrogens with one attached hydrogen (secondary N) is 1. The Kier molecular flexibility index (Phi) is 5.21. The van der Waals surface area contributed by atoms with E-state index in [9.17, 15) is 0 Å². The molecule has 2 rings (SSSR count). The minimum Gasteiger partial charge on any atom is -0.377 e. The van der Waals surface area contributed by atoms with Gasteiger partial charge in [0.15, 0.2) is 0 Å². The average molecular weight is 333 g/mol. The molecule has 1 aromatic heterocycles. The third-order valence-electron chi connectivity index (χ3n) is 4.02. The average Bonchev–Trinajstić information content (AvgIpc) is 2.82. The number of hydrazine groups is 1. The Balaban J connectivity index is 2.13. The van der Waals surface area contributed by atoms with E-state index in [1.807, 2.05) is 7.11 Å². The molecule has 0 aliphatic heterocycles. The summed E-state index contributed by atoms with van der Waals surface area (Å²) in [4.78, 5) is 1.33. The summed E-state index contributed by atoms with van der Waals surface area (Å²) in [6, 6.07) is 2.27. The van der Waals surface area contributed by atoms with Gasteiger partial charge in [-0.05, 0) is 40.2 Å². The van der Waals surface area contributed by atoms with E-state index in [4.69, 9.17) is 10.6 Å². The van der Waals surface area contributed by atoms with Crippen molar-refractivity contribution in [3.05, 3.63) is 20.8 Å². The maximum atomic E-state index is 5.87. The van der Waals surface area contributed by atoms with Crippen LogP contribution in [-0.2, 0) is 11.2 Å². The second-order valence-electron chi connectivity index (χ2n) is 4.94. The molecule has 1 unspecified atom stereocenters. The Hall–Kier alpha value is 0.0600. The zero-order valence-corrected chi connectivity index (χ0v) is 13.1. The quantitative estimate of drug-likeness (QED) is 0.642. The second-order valence-corrected chi connectivity index (χ2v) is 6.80. The molecule has 1 heterocycles. The summed E-state index contributed by atoms with van der Waals surface area (Å²) in [5, 5.41) is 2.10. The predicted molar refractivity (Wildman–Crippen MR) is 79.7 cm³/mol. The van der Waals surface area contributed by atoms with Gasteiger partial charge in [-0.2, -0.15) is 0 Å². The standard InChI is InChI=1S/C13H21BrN2OS/c1-17-13(6-3-2-4-7-13)12(16-15)9-11-10(14)5-8-18-11/h5,8,12,16H,2-4,6-7,9,15H2,1H3. The first kappa shape index (κ1) is 14.5. The Morgan fingerprint density at radius 1 is 1.50 bits per heavy atom. The van der Waals surface area contributed by atoms with Gasteiger partial charge in [0.1, 0.15) is 0 Å². The van der Waals surface area contributed by atoms with E-state index in [0.717, 1.165) is 19.3 Å². The molecule has 0 radical (unpaired) electrons. The van der Waals surface area contributed by atoms with Crippen molar-refractivity contribution in [2.24, 2.45) is 5.84 Å². The molecule has 3 nitrogen and oxygen atoms in total. The summed E-state index contributed by atoms with van der Waals surface area (Å²) >= 11 is 5.36. The van der Waals surface area contributed by atoms with Gasteiger partial charge in [-0.1, -0.05) is 19.3 Å². The minimum absolute atomic E-state index is 0.101. The van der Waals surface area contributed by atoms with E-state index in [1.54, 1.807) is 11.3 Å². The van der Waals surface area contributed by atoms with Gasteiger partial charge >= 0.3 is 0 Å². The molecule has 5 heteroatoms. The van der Waals surface area contributed by atoms with Crippen molar-refractivity contribution in [2.75, 3.05) is 7.11 Å². The van der Waals surface area contributed by atoms with Crippen LogP contribution in [0.1, 0.15) is 37.0 Å². The maximum Gasteiger partial charge on any atom is 0.0847 e. The first-order valence-electron chi connectivity index (χ1n) is 6.45. The summed E-state index contributed by atoms with van der Waals surface area (Å²) in [6.45, 7) is 0. The Morgan fingerprint density at radius 3 is 2.72 bits per heavy atom. The lowest BCUT2D eigenvalue weighted by molar-refractivity contribution is -0.0672. The van der Waals surface area contributed by atoms with E-state index >= 15 is 0 Å². The Bertz CT molecular complexity index is 377. The zero-order valence-electron chi connectivity index (χ0n) is 10.7. The van der Waals surface area contributed by atoms with Crippen molar-refractivity contribution in [1.82, 2.24) is 5.43 Å². The molecule has 1 aliphatic rings. The lowest BCUT2D eigenvalue weighted by atomic mass is 9.78. The normalized spacial score (nSPS) is 20.8. The molecule has 0 spiro atoms. The third kappa shape index (κ3) is 2.96.